The van der Waals surface area contributed by atoms with Crippen LogP contribution in [-0.2, 0) is 10.1 Å². The number of hydrogen-bond acceptors (Lipinski definition) is 4. The lowest BCUT2D eigenvalue weighted by Gasteiger charge is -2.09. The molecule has 0 fully saturated rings. The minimum absolute atomic E-state index is 0.0261. The normalized spacial score (nSPS) is 11.5. The Labute approximate surface area is 125 Å². The Kier molecular flexibility index (Phi) is 3.50. The molecule has 7 heteroatoms. The molecule has 0 radical (unpaired) electrons. The molecule has 0 aliphatic carbocycles. The maximum Gasteiger partial charge on any atom is 0.342 e. The molecule has 1 heterocycles. The third-order valence-electron chi connectivity index (χ3n) is 2.96. The SMILES string of the molecule is O=S(=O)(Oc1cccc2cccnc12)c1ccc(F)cc1F. The molecular weight excluding hydrogens is 312 g/mol. The molecular formula is C15H9F2NO3S. The molecule has 0 saturated carbocycles. The van der Waals surface area contributed by atoms with Gasteiger partial charge >= 0.3 is 10.1 Å². The lowest BCUT2D eigenvalue weighted by atomic mass is 10.2. The summed E-state index contributed by atoms with van der Waals surface area (Å²) in [6.45, 7) is 0. The molecule has 0 atom stereocenters. The van der Waals surface area contributed by atoms with E-state index in [1.54, 1.807) is 24.3 Å². The molecule has 0 amide bonds. The summed E-state index contributed by atoms with van der Waals surface area (Å²) in [5.41, 5.74) is 0.330. The molecule has 0 unspecified atom stereocenters. The van der Waals surface area contributed by atoms with Crippen molar-refractivity contribution in [3.8, 4) is 5.75 Å². The van der Waals surface area contributed by atoms with Crippen LogP contribution in [0.1, 0.15) is 0 Å². The molecule has 2 aromatic carbocycles. The lowest BCUT2D eigenvalue weighted by molar-refractivity contribution is 0.476. The fourth-order valence-corrected chi connectivity index (χ4v) is 2.98. The van der Waals surface area contributed by atoms with Gasteiger partial charge in [-0.05, 0) is 24.3 Å². The van der Waals surface area contributed by atoms with Crippen LogP contribution < -0.4 is 4.18 Å². The van der Waals surface area contributed by atoms with Crippen molar-refractivity contribution in [2.75, 3.05) is 0 Å². The minimum Gasteiger partial charge on any atom is -0.377 e. The Balaban J connectivity index is 2.07. The zero-order chi connectivity index (χ0) is 15.7. The molecule has 3 rings (SSSR count). The second-order valence-electron chi connectivity index (χ2n) is 4.44. The third-order valence-corrected chi connectivity index (χ3v) is 4.23. The van der Waals surface area contributed by atoms with Crippen LogP contribution in [-0.4, -0.2) is 13.4 Å². The zero-order valence-corrected chi connectivity index (χ0v) is 11.8. The average Bonchev–Trinajstić information content (AvgIpc) is 2.47. The lowest BCUT2D eigenvalue weighted by Crippen LogP contribution is -2.12. The van der Waals surface area contributed by atoms with Crippen LogP contribution in [0.3, 0.4) is 0 Å². The van der Waals surface area contributed by atoms with E-state index in [9.17, 15) is 17.2 Å². The quantitative estimate of drug-likeness (QED) is 0.695. The first-order valence-corrected chi connectivity index (χ1v) is 7.61. The number of aromatic nitrogens is 1. The Morgan fingerprint density at radius 1 is 1.00 bits per heavy atom. The number of benzene rings is 2. The first-order valence-electron chi connectivity index (χ1n) is 6.21. The van der Waals surface area contributed by atoms with Gasteiger partial charge in [0.05, 0.1) is 0 Å². The summed E-state index contributed by atoms with van der Waals surface area (Å²) in [4.78, 5) is 3.32. The minimum atomic E-state index is -4.43. The van der Waals surface area contributed by atoms with Gasteiger partial charge in [-0.1, -0.05) is 18.2 Å². The predicted octanol–water partition coefficient (Wildman–Crippen LogP) is 3.28. The van der Waals surface area contributed by atoms with Crippen molar-refractivity contribution in [2.45, 2.75) is 4.90 Å². The Hall–Kier alpha value is -2.54. The molecule has 0 bridgehead atoms. The Bertz CT molecular complexity index is 953. The van der Waals surface area contributed by atoms with Crippen LogP contribution in [0.2, 0.25) is 0 Å². The van der Waals surface area contributed by atoms with E-state index in [0.717, 1.165) is 12.1 Å². The second-order valence-corrected chi connectivity index (χ2v) is 5.96. The number of rotatable bonds is 3. The standard InChI is InChI=1S/C15H9F2NO3S/c16-11-6-7-14(12(17)9-11)22(19,20)21-13-5-1-3-10-4-2-8-18-15(10)13/h1-9H. The van der Waals surface area contributed by atoms with Crippen LogP contribution in [0.25, 0.3) is 10.9 Å². The van der Waals surface area contributed by atoms with Crippen molar-refractivity contribution in [3.05, 3.63) is 66.4 Å². The van der Waals surface area contributed by atoms with E-state index < -0.39 is 26.6 Å². The van der Waals surface area contributed by atoms with Crippen LogP contribution >= 0.6 is 0 Å². The van der Waals surface area contributed by atoms with Gasteiger partial charge in [-0.3, -0.25) is 4.98 Å². The van der Waals surface area contributed by atoms with Gasteiger partial charge in [0.15, 0.2) is 5.75 Å². The van der Waals surface area contributed by atoms with E-state index in [-0.39, 0.29) is 5.75 Å². The van der Waals surface area contributed by atoms with Crippen LogP contribution in [0.15, 0.2) is 59.6 Å². The first-order chi connectivity index (χ1) is 10.5. The van der Waals surface area contributed by atoms with Crippen LogP contribution in [0.5, 0.6) is 5.75 Å². The van der Waals surface area contributed by atoms with Gasteiger partial charge in [0, 0.05) is 17.6 Å². The van der Waals surface area contributed by atoms with Crippen molar-refractivity contribution in [1.82, 2.24) is 4.98 Å². The van der Waals surface area contributed by atoms with Gasteiger partial charge in [-0.2, -0.15) is 8.42 Å². The third kappa shape index (κ3) is 2.62. The van der Waals surface area contributed by atoms with E-state index in [1.165, 1.54) is 12.3 Å². The molecule has 4 nitrogen and oxygen atoms in total. The van der Waals surface area contributed by atoms with Crippen molar-refractivity contribution in [1.29, 1.82) is 0 Å². The summed E-state index contributed by atoms with van der Waals surface area (Å²) in [7, 11) is -4.43. The highest BCUT2D eigenvalue weighted by atomic mass is 32.2. The predicted molar refractivity (Wildman–Crippen MR) is 75.9 cm³/mol. The number of hydrogen-bond donors (Lipinski definition) is 0. The van der Waals surface area contributed by atoms with E-state index >= 15 is 0 Å². The Morgan fingerprint density at radius 2 is 1.77 bits per heavy atom. The maximum absolute atomic E-state index is 13.6. The molecule has 1 aromatic heterocycles. The van der Waals surface area contributed by atoms with Crippen molar-refractivity contribution >= 4 is 21.0 Å². The van der Waals surface area contributed by atoms with E-state index in [0.29, 0.717) is 17.0 Å². The van der Waals surface area contributed by atoms with Gasteiger partial charge < -0.3 is 4.18 Å². The smallest absolute Gasteiger partial charge is 0.342 e. The summed E-state index contributed by atoms with van der Waals surface area (Å²) >= 11 is 0. The summed E-state index contributed by atoms with van der Waals surface area (Å²) < 4.78 is 55.8. The van der Waals surface area contributed by atoms with E-state index in [2.05, 4.69) is 4.98 Å². The van der Waals surface area contributed by atoms with Crippen molar-refractivity contribution in [2.24, 2.45) is 0 Å². The zero-order valence-electron chi connectivity index (χ0n) is 11.0. The molecule has 112 valence electrons. The molecule has 0 N–H and O–H groups in total. The molecule has 3 aromatic rings. The summed E-state index contributed by atoms with van der Waals surface area (Å²) in [6, 6.07) is 10.3. The second kappa shape index (κ2) is 5.34. The van der Waals surface area contributed by atoms with Crippen molar-refractivity contribution < 1.29 is 21.4 Å². The van der Waals surface area contributed by atoms with Crippen molar-refractivity contribution in [3.63, 3.8) is 0 Å². The topological polar surface area (TPSA) is 56.3 Å². The molecule has 0 aliphatic rings. The monoisotopic (exact) mass is 321 g/mol. The number of pyridine rings is 1. The van der Waals surface area contributed by atoms with E-state index in [1.807, 2.05) is 0 Å². The van der Waals surface area contributed by atoms with Gasteiger partial charge in [-0.15, -0.1) is 0 Å². The number of fused-ring (bicyclic) bond motifs is 1. The average molecular weight is 321 g/mol. The first kappa shape index (κ1) is 14.4. The fourth-order valence-electron chi connectivity index (χ4n) is 1.98. The van der Waals surface area contributed by atoms with Gasteiger partial charge in [0.25, 0.3) is 0 Å². The summed E-state index contributed by atoms with van der Waals surface area (Å²) in [5, 5.41) is 0.676. The van der Waals surface area contributed by atoms with Gasteiger partial charge in [0.1, 0.15) is 22.0 Å². The highest BCUT2D eigenvalue weighted by Gasteiger charge is 2.23. The largest absolute Gasteiger partial charge is 0.377 e. The maximum atomic E-state index is 13.6. The highest BCUT2D eigenvalue weighted by Crippen LogP contribution is 2.27. The van der Waals surface area contributed by atoms with Crippen LogP contribution in [0.4, 0.5) is 8.78 Å². The number of para-hydroxylation sites is 1. The Morgan fingerprint density at radius 3 is 2.55 bits per heavy atom. The number of halogens is 2. The molecule has 0 spiro atoms. The summed E-state index contributed by atoms with van der Waals surface area (Å²) in [5.74, 6) is -2.11. The fraction of sp³-hybridized carbons (Fsp3) is 0. The molecule has 0 aliphatic heterocycles. The van der Waals surface area contributed by atoms with Gasteiger partial charge in [0.2, 0.25) is 0 Å². The molecule has 0 saturated heterocycles. The van der Waals surface area contributed by atoms with E-state index in [4.69, 9.17) is 4.18 Å². The molecule has 22 heavy (non-hydrogen) atoms. The van der Waals surface area contributed by atoms with Crippen LogP contribution in [0, 0.1) is 11.6 Å². The highest BCUT2D eigenvalue weighted by molar-refractivity contribution is 7.87. The summed E-state index contributed by atoms with van der Waals surface area (Å²) in [6.07, 6.45) is 1.49. The van der Waals surface area contributed by atoms with Gasteiger partial charge in [-0.25, -0.2) is 8.78 Å². The number of nitrogens with zero attached hydrogens (tertiary/aromatic N) is 1.